The third-order valence-electron chi connectivity index (χ3n) is 2.95. The molecule has 22 heavy (non-hydrogen) atoms. The van der Waals surface area contributed by atoms with Gasteiger partial charge in [0.25, 0.3) is 5.91 Å². The second kappa shape index (κ2) is 8.14. The van der Waals surface area contributed by atoms with Crippen molar-refractivity contribution in [2.75, 3.05) is 6.61 Å². The maximum atomic E-state index is 12.2. The van der Waals surface area contributed by atoms with E-state index in [-0.39, 0.29) is 5.91 Å². The zero-order valence-electron chi connectivity index (χ0n) is 12.3. The van der Waals surface area contributed by atoms with Gasteiger partial charge < -0.3 is 10.1 Å². The molecular formula is C17H18N2O2S. The molecule has 2 aromatic carbocycles. The van der Waals surface area contributed by atoms with Crippen molar-refractivity contribution in [1.29, 1.82) is 0 Å². The molecule has 2 rings (SSSR count). The minimum absolute atomic E-state index is 0.283. The third kappa shape index (κ3) is 4.56. The number of benzene rings is 2. The van der Waals surface area contributed by atoms with E-state index in [1.165, 1.54) is 0 Å². The molecule has 0 fully saturated rings. The Kier molecular flexibility index (Phi) is 5.91. The minimum Gasteiger partial charge on any atom is -0.493 e. The van der Waals surface area contributed by atoms with E-state index in [0.29, 0.717) is 29.6 Å². The molecule has 0 aromatic heterocycles. The van der Waals surface area contributed by atoms with Crippen LogP contribution in [0.25, 0.3) is 0 Å². The van der Waals surface area contributed by atoms with E-state index in [4.69, 9.17) is 17.0 Å². The first-order chi connectivity index (χ1) is 10.7. The summed E-state index contributed by atoms with van der Waals surface area (Å²) in [5, 5.41) is 5.97. The van der Waals surface area contributed by atoms with E-state index in [9.17, 15) is 4.79 Å². The molecule has 0 spiro atoms. The van der Waals surface area contributed by atoms with E-state index in [0.717, 1.165) is 5.56 Å². The topological polar surface area (TPSA) is 50.4 Å². The monoisotopic (exact) mass is 314 g/mol. The molecule has 114 valence electrons. The van der Waals surface area contributed by atoms with Crippen LogP contribution in [0.2, 0.25) is 0 Å². The predicted molar refractivity (Wildman–Crippen MR) is 91.0 cm³/mol. The molecule has 0 bridgehead atoms. The lowest BCUT2D eigenvalue weighted by Gasteiger charge is -2.12. The van der Waals surface area contributed by atoms with Gasteiger partial charge in [0.05, 0.1) is 12.2 Å². The number of ether oxygens (including phenoxy) is 1. The molecule has 2 aromatic rings. The van der Waals surface area contributed by atoms with E-state index in [1.54, 1.807) is 18.2 Å². The first-order valence-corrected chi connectivity index (χ1v) is 7.46. The molecule has 0 atom stereocenters. The highest BCUT2D eigenvalue weighted by Crippen LogP contribution is 2.17. The molecule has 0 aliphatic rings. The summed E-state index contributed by atoms with van der Waals surface area (Å²) < 4.78 is 5.44. The maximum Gasteiger partial charge on any atom is 0.261 e. The van der Waals surface area contributed by atoms with Crippen molar-refractivity contribution in [2.24, 2.45) is 0 Å². The number of para-hydroxylation sites is 1. The molecule has 0 aliphatic heterocycles. The summed E-state index contributed by atoms with van der Waals surface area (Å²) >= 11 is 5.15. The Morgan fingerprint density at radius 3 is 2.50 bits per heavy atom. The van der Waals surface area contributed by atoms with E-state index < -0.39 is 0 Å². The van der Waals surface area contributed by atoms with Crippen LogP contribution in [0.5, 0.6) is 5.75 Å². The summed E-state index contributed by atoms with van der Waals surface area (Å²) in [5.74, 6) is 0.267. The van der Waals surface area contributed by atoms with Crippen LogP contribution in [-0.4, -0.2) is 17.6 Å². The SMILES string of the molecule is CCOc1ccccc1C(=O)NC(=S)NCc1ccccc1. The Balaban J connectivity index is 1.93. The molecule has 2 N–H and O–H groups in total. The Bertz CT molecular complexity index is 644. The minimum atomic E-state index is -0.283. The van der Waals surface area contributed by atoms with Gasteiger partial charge in [-0.3, -0.25) is 10.1 Å². The number of amides is 1. The molecule has 0 radical (unpaired) electrons. The number of hydrogen-bond acceptors (Lipinski definition) is 3. The van der Waals surface area contributed by atoms with Crippen molar-refractivity contribution in [1.82, 2.24) is 10.6 Å². The summed E-state index contributed by atoms with van der Waals surface area (Å²) in [4.78, 5) is 12.2. The average Bonchev–Trinajstić information content (AvgIpc) is 2.55. The standard InChI is InChI=1S/C17H18N2O2S/c1-2-21-15-11-7-6-10-14(15)16(20)19-17(22)18-12-13-8-4-3-5-9-13/h3-11H,2,12H2,1H3,(H2,18,19,20,22). The zero-order valence-corrected chi connectivity index (χ0v) is 13.2. The fraction of sp³-hybridized carbons (Fsp3) is 0.176. The molecule has 0 saturated heterocycles. The lowest BCUT2D eigenvalue weighted by atomic mass is 10.2. The van der Waals surface area contributed by atoms with Crippen LogP contribution in [0.3, 0.4) is 0 Å². The van der Waals surface area contributed by atoms with Gasteiger partial charge in [0.15, 0.2) is 5.11 Å². The number of rotatable bonds is 5. The van der Waals surface area contributed by atoms with Crippen molar-refractivity contribution >= 4 is 23.2 Å². The van der Waals surface area contributed by atoms with Gasteiger partial charge in [-0.05, 0) is 36.8 Å². The van der Waals surface area contributed by atoms with Crippen LogP contribution in [0.4, 0.5) is 0 Å². The van der Waals surface area contributed by atoms with Crippen LogP contribution >= 0.6 is 12.2 Å². The highest BCUT2D eigenvalue weighted by molar-refractivity contribution is 7.80. The molecule has 5 heteroatoms. The van der Waals surface area contributed by atoms with Crippen molar-refractivity contribution in [2.45, 2.75) is 13.5 Å². The Labute approximate surface area is 135 Å². The van der Waals surface area contributed by atoms with Gasteiger partial charge in [-0.1, -0.05) is 42.5 Å². The fourth-order valence-corrected chi connectivity index (χ4v) is 2.09. The molecular weight excluding hydrogens is 296 g/mol. The molecule has 0 heterocycles. The molecule has 0 aliphatic carbocycles. The van der Waals surface area contributed by atoms with Crippen LogP contribution in [-0.2, 0) is 6.54 Å². The molecule has 0 saturated carbocycles. The van der Waals surface area contributed by atoms with Crippen LogP contribution in [0.1, 0.15) is 22.8 Å². The van der Waals surface area contributed by atoms with Crippen molar-refractivity contribution in [3.8, 4) is 5.75 Å². The lowest BCUT2D eigenvalue weighted by molar-refractivity contribution is 0.0973. The summed E-state index contributed by atoms with van der Waals surface area (Å²) in [6.45, 7) is 2.94. The molecule has 1 amide bonds. The van der Waals surface area contributed by atoms with Crippen molar-refractivity contribution < 1.29 is 9.53 Å². The lowest BCUT2D eigenvalue weighted by Crippen LogP contribution is -2.39. The second-order valence-corrected chi connectivity index (χ2v) is 4.96. The number of hydrogen-bond donors (Lipinski definition) is 2. The van der Waals surface area contributed by atoms with E-state index in [2.05, 4.69) is 10.6 Å². The highest BCUT2D eigenvalue weighted by atomic mass is 32.1. The van der Waals surface area contributed by atoms with Gasteiger partial charge >= 0.3 is 0 Å². The van der Waals surface area contributed by atoms with Crippen molar-refractivity contribution in [3.05, 3.63) is 65.7 Å². The van der Waals surface area contributed by atoms with Gasteiger partial charge in [0.1, 0.15) is 5.75 Å². The fourth-order valence-electron chi connectivity index (χ4n) is 1.93. The van der Waals surface area contributed by atoms with Gasteiger partial charge in [0.2, 0.25) is 0 Å². The first-order valence-electron chi connectivity index (χ1n) is 7.05. The third-order valence-corrected chi connectivity index (χ3v) is 3.20. The Hall–Kier alpha value is -2.40. The van der Waals surface area contributed by atoms with Crippen molar-refractivity contribution in [3.63, 3.8) is 0 Å². The van der Waals surface area contributed by atoms with Gasteiger partial charge in [-0.15, -0.1) is 0 Å². The Morgan fingerprint density at radius 2 is 1.77 bits per heavy atom. The van der Waals surface area contributed by atoms with E-state index >= 15 is 0 Å². The molecule has 0 unspecified atom stereocenters. The summed E-state index contributed by atoms with van der Waals surface area (Å²) in [5.41, 5.74) is 1.56. The Morgan fingerprint density at radius 1 is 1.09 bits per heavy atom. The van der Waals surface area contributed by atoms with Crippen LogP contribution < -0.4 is 15.4 Å². The zero-order chi connectivity index (χ0) is 15.8. The smallest absolute Gasteiger partial charge is 0.261 e. The first kappa shape index (κ1) is 16.0. The molecule has 4 nitrogen and oxygen atoms in total. The number of thiocarbonyl (C=S) groups is 1. The van der Waals surface area contributed by atoms with E-state index in [1.807, 2.05) is 43.3 Å². The van der Waals surface area contributed by atoms with Crippen LogP contribution in [0, 0.1) is 0 Å². The summed E-state index contributed by atoms with van der Waals surface area (Å²) in [6.07, 6.45) is 0. The number of carbonyl (C=O) groups is 1. The second-order valence-electron chi connectivity index (χ2n) is 4.55. The predicted octanol–water partition coefficient (Wildman–Crippen LogP) is 2.89. The maximum absolute atomic E-state index is 12.2. The van der Waals surface area contributed by atoms with Gasteiger partial charge in [-0.25, -0.2) is 0 Å². The summed E-state index contributed by atoms with van der Waals surface area (Å²) in [6, 6.07) is 16.9. The van der Waals surface area contributed by atoms with Gasteiger partial charge in [-0.2, -0.15) is 0 Å². The highest BCUT2D eigenvalue weighted by Gasteiger charge is 2.12. The number of nitrogens with one attached hydrogen (secondary N) is 2. The van der Waals surface area contributed by atoms with Gasteiger partial charge in [0, 0.05) is 6.54 Å². The number of carbonyl (C=O) groups excluding carboxylic acids is 1. The largest absolute Gasteiger partial charge is 0.493 e. The quantitative estimate of drug-likeness (QED) is 0.833. The average molecular weight is 314 g/mol. The normalized spacial score (nSPS) is 9.86. The van der Waals surface area contributed by atoms with Crippen LogP contribution in [0.15, 0.2) is 54.6 Å². The summed E-state index contributed by atoms with van der Waals surface area (Å²) in [7, 11) is 0.